The third kappa shape index (κ3) is 7.08. The minimum atomic E-state index is -0.559. The van der Waals surface area contributed by atoms with Crippen LogP contribution in [0.3, 0.4) is 0 Å². The van der Waals surface area contributed by atoms with Crippen molar-refractivity contribution in [1.29, 1.82) is 0 Å². The minimum absolute atomic E-state index is 0.0444. The number of para-hydroxylation sites is 2. The van der Waals surface area contributed by atoms with Crippen LogP contribution in [0.4, 0.5) is 10.1 Å². The average molecular weight is 766 g/mol. The third-order valence-corrected chi connectivity index (χ3v) is 9.52. The maximum absolute atomic E-state index is 14.0. The monoisotopic (exact) mass is 764 g/mol. The summed E-state index contributed by atoms with van der Waals surface area (Å²) in [5.41, 5.74) is 3.37. The second kappa shape index (κ2) is 14.5. The van der Waals surface area contributed by atoms with E-state index in [9.17, 15) is 14.0 Å². The molecule has 0 fully saturated rings. The molecule has 1 heterocycles. The van der Waals surface area contributed by atoms with Crippen LogP contribution in [0.5, 0.6) is 17.2 Å². The van der Waals surface area contributed by atoms with Crippen molar-refractivity contribution in [3.8, 4) is 28.6 Å². The predicted molar refractivity (Wildman–Crippen MR) is 189 cm³/mol. The van der Waals surface area contributed by atoms with E-state index in [1.807, 2.05) is 25.1 Å². The van der Waals surface area contributed by atoms with E-state index in [-0.39, 0.29) is 28.7 Å². The highest BCUT2D eigenvalue weighted by Gasteiger charge is 2.21. The minimum Gasteiger partial charge on any atom is -0.496 e. The quantitative estimate of drug-likeness (QED) is 0.144. The van der Waals surface area contributed by atoms with Crippen molar-refractivity contribution in [2.24, 2.45) is 5.10 Å². The highest BCUT2D eigenvalue weighted by atomic mass is 79.9. The first-order valence-electron chi connectivity index (χ1n) is 14.5. The molecule has 0 saturated heterocycles. The number of methoxy groups -OCH3 is 2. The Labute approximate surface area is 287 Å². The maximum Gasteiger partial charge on any atom is 0.282 e. The molecule has 0 aliphatic rings. The van der Waals surface area contributed by atoms with Gasteiger partial charge in [-0.15, -0.1) is 0 Å². The first-order chi connectivity index (χ1) is 22.5. The van der Waals surface area contributed by atoms with Crippen molar-refractivity contribution in [1.82, 2.24) is 9.66 Å². The van der Waals surface area contributed by atoms with Crippen LogP contribution in [-0.2, 0) is 4.79 Å². The molecule has 4 aromatic carbocycles. The number of halogens is 3. The molecule has 0 saturated carbocycles. The van der Waals surface area contributed by atoms with Crippen LogP contribution in [0.1, 0.15) is 36.5 Å². The van der Waals surface area contributed by atoms with Gasteiger partial charge in [0.05, 0.1) is 41.5 Å². The Balaban J connectivity index is 1.55. The molecule has 5 aromatic rings. The summed E-state index contributed by atoms with van der Waals surface area (Å²) in [6.45, 7) is 5.67. The van der Waals surface area contributed by atoms with Gasteiger partial charge < -0.3 is 19.5 Å². The molecule has 5 rings (SSSR count). The largest absolute Gasteiger partial charge is 0.496 e. The maximum atomic E-state index is 14.0. The summed E-state index contributed by atoms with van der Waals surface area (Å²) in [7, 11) is 3.09. The van der Waals surface area contributed by atoms with Gasteiger partial charge in [0.2, 0.25) is 0 Å². The number of hydrogen-bond donors (Lipinski definition) is 1. The summed E-state index contributed by atoms with van der Waals surface area (Å²) in [5, 5.41) is 7.54. The molecule has 1 amide bonds. The number of anilines is 1. The van der Waals surface area contributed by atoms with Crippen LogP contribution in [0.25, 0.3) is 22.3 Å². The lowest BCUT2D eigenvalue weighted by Crippen LogP contribution is -2.21. The summed E-state index contributed by atoms with van der Waals surface area (Å²) in [6.07, 6.45) is 1.51. The van der Waals surface area contributed by atoms with Gasteiger partial charge in [0.15, 0.2) is 23.9 Å². The summed E-state index contributed by atoms with van der Waals surface area (Å²) in [5.74, 6) is 0.689. The van der Waals surface area contributed by atoms with Gasteiger partial charge in [-0.1, -0.05) is 38.1 Å². The highest BCUT2D eigenvalue weighted by molar-refractivity contribution is 9.13. The molecular formula is C35H31Br2FN4O5. The first kappa shape index (κ1) is 33.8. The molecule has 1 N–H and O–H groups in total. The number of aryl methyl sites for hydroxylation is 1. The van der Waals surface area contributed by atoms with Gasteiger partial charge in [-0.25, -0.2) is 9.37 Å². The summed E-state index contributed by atoms with van der Waals surface area (Å²) >= 11 is 7.09. The lowest BCUT2D eigenvalue weighted by Gasteiger charge is -2.17. The van der Waals surface area contributed by atoms with Crippen molar-refractivity contribution in [2.75, 3.05) is 26.1 Å². The zero-order valence-electron chi connectivity index (χ0n) is 26.2. The third-order valence-electron chi connectivity index (χ3n) is 7.38. The smallest absolute Gasteiger partial charge is 0.282 e. The van der Waals surface area contributed by atoms with Crippen LogP contribution in [0.15, 0.2) is 85.6 Å². The predicted octanol–water partition coefficient (Wildman–Crippen LogP) is 8.08. The van der Waals surface area contributed by atoms with E-state index < -0.39 is 18.3 Å². The molecule has 9 nitrogen and oxygen atoms in total. The molecule has 0 aliphatic heterocycles. The zero-order chi connectivity index (χ0) is 33.8. The van der Waals surface area contributed by atoms with Gasteiger partial charge in [0, 0.05) is 15.6 Å². The van der Waals surface area contributed by atoms with Crippen LogP contribution in [0, 0.1) is 12.7 Å². The fraction of sp³-hybridized carbons (Fsp3) is 0.200. The number of nitrogens with one attached hydrogen (secondary N) is 1. The second-order valence-electron chi connectivity index (χ2n) is 10.8. The van der Waals surface area contributed by atoms with Gasteiger partial charge in [0.25, 0.3) is 11.5 Å². The Bertz CT molecular complexity index is 2080. The number of carbonyl (C=O) groups excluding carboxylic acids is 1. The molecule has 12 heteroatoms. The van der Waals surface area contributed by atoms with E-state index in [4.69, 9.17) is 19.2 Å². The topological polar surface area (TPSA) is 104 Å². The lowest BCUT2D eigenvalue weighted by molar-refractivity contribution is -0.118. The number of hydrogen-bond acceptors (Lipinski definition) is 7. The van der Waals surface area contributed by atoms with Gasteiger partial charge in [0.1, 0.15) is 11.6 Å². The Morgan fingerprint density at radius 2 is 1.72 bits per heavy atom. The Morgan fingerprint density at radius 1 is 1.02 bits per heavy atom. The number of nitrogens with zero attached hydrogens (tertiary/aromatic N) is 3. The molecule has 1 aromatic heterocycles. The van der Waals surface area contributed by atoms with E-state index in [2.05, 4.69) is 56.1 Å². The molecule has 0 bridgehead atoms. The second-order valence-corrected chi connectivity index (χ2v) is 12.4. The molecule has 242 valence electrons. The highest BCUT2D eigenvalue weighted by Crippen LogP contribution is 2.42. The van der Waals surface area contributed by atoms with Crippen LogP contribution >= 0.6 is 31.9 Å². The number of benzene rings is 4. The fourth-order valence-corrected chi connectivity index (χ4v) is 5.90. The number of fused-ring (bicyclic) bond motifs is 1. The number of amides is 1. The normalized spacial score (nSPS) is 11.3. The molecule has 0 unspecified atom stereocenters. The summed E-state index contributed by atoms with van der Waals surface area (Å²) in [6, 6.07) is 18.6. The van der Waals surface area contributed by atoms with Gasteiger partial charge >= 0.3 is 0 Å². The fourth-order valence-electron chi connectivity index (χ4n) is 4.96. The van der Waals surface area contributed by atoms with Gasteiger partial charge in [-0.3, -0.25) is 9.59 Å². The zero-order valence-corrected chi connectivity index (χ0v) is 29.4. The average Bonchev–Trinajstić information content (AvgIpc) is 3.06. The van der Waals surface area contributed by atoms with E-state index in [1.54, 1.807) is 37.4 Å². The summed E-state index contributed by atoms with van der Waals surface area (Å²) in [4.78, 5) is 31.3. The Hall–Kier alpha value is -4.55. The van der Waals surface area contributed by atoms with Crippen molar-refractivity contribution < 1.29 is 23.4 Å². The van der Waals surface area contributed by atoms with Gasteiger partial charge in [-0.05, 0) is 98.3 Å². The Kier molecular flexibility index (Phi) is 10.4. The first-order valence-corrected chi connectivity index (χ1v) is 16.1. The van der Waals surface area contributed by atoms with E-state index in [1.165, 1.54) is 36.2 Å². The molecule has 0 spiro atoms. The molecule has 0 atom stereocenters. The lowest BCUT2D eigenvalue weighted by atomic mass is 9.96. The molecular weight excluding hydrogens is 735 g/mol. The summed E-state index contributed by atoms with van der Waals surface area (Å²) < 4.78 is 33.2. The molecule has 0 aliphatic carbocycles. The number of carbonyl (C=O) groups is 1. The van der Waals surface area contributed by atoms with E-state index in [0.717, 1.165) is 22.4 Å². The number of rotatable bonds is 10. The van der Waals surface area contributed by atoms with Crippen molar-refractivity contribution in [2.45, 2.75) is 26.7 Å². The Morgan fingerprint density at radius 3 is 2.43 bits per heavy atom. The number of ether oxygens (including phenoxy) is 3. The number of aromatic nitrogens is 2. The molecule has 47 heavy (non-hydrogen) atoms. The van der Waals surface area contributed by atoms with Crippen molar-refractivity contribution >= 4 is 60.6 Å². The molecule has 0 radical (unpaired) electrons. The van der Waals surface area contributed by atoms with Gasteiger partial charge in [-0.2, -0.15) is 9.78 Å². The van der Waals surface area contributed by atoms with E-state index in [0.29, 0.717) is 31.2 Å². The van der Waals surface area contributed by atoms with Crippen LogP contribution < -0.4 is 25.1 Å². The van der Waals surface area contributed by atoms with Crippen LogP contribution in [0.2, 0.25) is 0 Å². The van der Waals surface area contributed by atoms with E-state index >= 15 is 0 Å². The van der Waals surface area contributed by atoms with Crippen LogP contribution in [-0.4, -0.2) is 42.6 Å². The van der Waals surface area contributed by atoms with Crippen molar-refractivity contribution in [3.05, 3.63) is 109 Å². The standard InChI is InChI=1S/C35H31Br2FN4O5/c1-19(2)23-16-24(20(3)14-28(23)45-4)34-41-26-12-8-6-10-22(26)35(44)42(34)39-17-21-15-29(46-5)33(32(37)31(21)36)47-18-30(43)40-27-13-9-7-11-25(27)38/h6-17,19H,18H2,1-5H3,(H,40,43). The van der Waals surface area contributed by atoms with Crippen molar-refractivity contribution in [3.63, 3.8) is 0 Å². The SMILES string of the molecule is COc1cc(C)c(-c2nc3ccccc3c(=O)n2N=Cc2cc(OC)c(OCC(=O)Nc3ccccc3F)c(Br)c2Br)cc1C(C)C.